The third-order valence-corrected chi connectivity index (χ3v) is 5.80. The van der Waals surface area contributed by atoms with Crippen LogP contribution < -0.4 is 22.2 Å². The van der Waals surface area contributed by atoms with Gasteiger partial charge in [0.05, 0.1) is 6.20 Å². The van der Waals surface area contributed by atoms with Crippen molar-refractivity contribution in [2.75, 3.05) is 11.9 Å². The van der Waals surface area contributed by atoms with E-state index in [1.807, 2.05) is 6.07 Å². The van der Waals surface area contributed by atoms with Crippen LogP contribution in [0.5, 0.6) is 0 Å². The zero-order valence-electron chi connectivity index (χ0n) is 19.5. The molecule has 2 aromatic heterocycles. The Hall–Kier alpha value is -3.47. The van der Waals surface area contributed by atoms with Crippen molar-refractivity contribution in [3.8, 4) is 0 Å². The molecule has 34 heavy (non-hydrogen) atoms. The molecule has 11 nitrogen and oxygen atoms in total. The van der Waals surface area contributed by atoms with Crippen molar-refractivity contribution in [1.82, 2.24) is 30.3 Å². The fraction of sp³-hybridized carbons (Fsp3) is 0.522. The van der Waals surface area contributed by atoms with Crippen LogP contribution in [-0.4, -0.2) is 43.3 Å². The molecule has 1 fully saturated rings. The van der Waals surface area contributed by atoms with Crippen LogP contribution >= 0.6 is 0 Å². The molecule has 0 aromatic carbocycles. The van der Waals surface area contributed by atoms with Crippen molar-refractivity contribution in [2.45, 2.75) is 64.5 Å². The lowest BCUT2D eigenvalue weighted by molar-refractivity contribution is -0.118. The molecule has 1 saturated carbocycles. The average molecular weight is 470 g/mol. The first kappa shape index (κ1) is 25.2. The SMILES string of the molecule is N/C(=C\N(N)CCCCn1cc(NC(=O)CC2CCCCC2)nn1)C(=O)NCc1cccnc1. The Morgan fingerprint density at radius 1 is 1.24 bits per heavy atom. The minimum Gasteiger partial charge on any atom is -0.393 e. The maximum absolute atomic E-state index is 12.2. The highest BCUT2D eigenvalue weighted by Gasteiger charge is 2.17. The molecule has 2 aromatic rings. The van der Waals surface area contributed by atoms with Gasteiger partial charge in [0.15, 0.2) is 5.82 Å². The summed E-state index contributed by atoms with van der Waals surface area (Å²) in [7, 11) is 0. The van der Waals surface area contributed by atoms with Crippen LogP contribution in [-0.2, 0) is 22.7 Å². The van der Waals surface area contributed by atoms with Gasteiger partial charge in [-0.05, 0) is 43.2 Å². The third-order valence-electron chi connectivity index (χ3n) is 5.80. The fourth-order valence-electron chi connectivity index (χ4n) is 3.97. The minimum absolute atomic E-state index is 0.00608. The lowest BCUT2D eigenvalue weighted by atomic mass is 9.87. The highest BCUT2D eigenvalue weighted by atomic mass is 16.2. The molecule has 3 rings (SSSR count). The predicted molar refractivity (Wildman–Crippen MR) is 128 cm³/mol. The number of aryl methyl sites for hydroxylation is 1. The number of carbonyl (C=O) groups is 2. The van der Waals surface area contributed by atoms with Gasteiger partial charge in [-0.1, -0.05) is 30.5 Å². The Morgan fingerprint density at radius 2 is 2.06 bits per heavy atom. The summed E-state index contributed by atoms with van der Waals surface area (Å²) in [5.41, 5.74) is 6.75. The first-order chi connectivity index (χ1) is 16.5. The van der Waals surface area contributed by atoms with E-state index in [1.165, 1.54) is 30.5 Å². The second kappa shape index (κ2) is 13.3. The van der Waals surface area contributed by atoms with Crippen molar-refractivity contribution in [3.05, 3.63) is 48.2 Å². The number of hydrazine groups is 1. The van der Waals surface area contributed by atoms with E-state index in [1.54, 1.807) is 29.3 Å². The van der Waals surface area contributed by atoms with Crippen LogP contribution in [0.25, 0.3) is 0 Å². The molecule has 2 amide bonds. The highest BCUT2D eigenvalue weighted by molar-refractivity contribution is 5.92. The van der Waals surface area contributed by atoms with Crippen molar-refractivity contribution in [1.29, 1.82) is 0 Å². The quantitative estimate of drug-likeness (QED) is 0.158. The standard InChI is InChI=1S/C23H35N9O2/c24-20(23(34)27-15-19-9-6-10-26-14-19)16-31(25)11-4-5-12-32-17-21(29-30-32)28-22(33)13-18-7-2-1-3-8-18/h6,9-10,14,16-18H,1-5,7-8,11-13,15,24-25H2,(H,27,34)(H,28,33)/b20-16-. The molecule has 0 unspecified atom stereocenters. The Kier molecular flexibility index (Phi) is 9.83. The lowest BCUT2D eigenvalue weighted by Gasteiger charge is -2.20. The van der Waals surface area contributed by atoms with Gasteiger partial charge in [-0.2, -0.15) is 0 Å². The van der Waals surface area contributed by atoms with Gasteiger partial charge in [0.1, 0.15) is 5.70 Å². The molecule has 11 heteroatoms. The number of unbranched alkanes of at least 4 members (excludes halogenated alkanes) is 1. The van der Waals surface area contributed by atoms with E-state index in [9.17, 15) is 9.59 Å². The van der Waals surface area contributed by atoms with Gasteiger partial charge in [0.2, 0.25) is 5.91 Å². The zero-order chi connectivity index (χ0) is 24.2. The molecule has 2 heterocycles. The van der Waals surface area contributed by atoms with E-state index in [0.717, 1.165) is 31.2 Å². The molecule has 1 aliphatic rings. The van der Waals surface area contributed by atoms with E-state index in [2.05, 4.69) is 25.9 Å². The normalized spacial score (nSPS) is 14.6. The second-order valence-electron chi connectivity index (χ2n) is 8.70. The van der Waals surface area contributed by atoms with E-state index in [4.69, 9.17) is 11.6 Å². The van der Waals surface area contributed by atoms with Crippen molar-refractivity contribution < 1.29 is 9.59 Å². The summed E-state index contributed by atoms with van der Waals surface area (Å²) >= 11 is 0. The van der Waals surface area contributed by atoms with Gasteiger partial charge in [-0.15, -0.1) is 5.10 Å². The molecule has 0 saturated heterocycles. The number of carbonyl (C=O) groups excluding carboxylic acids is 2. The average Bonchev–Trinajstić information content (AvgIpc) is 3.28. The van der Waals surface area contributed by atoms with Crippen LogP contribution in [0.3, 0.4) is 0 Å². The summed E-state index contributed by atoms with van der Waals surface area (Å²) in [6.07, 6.45) is 14.6. The number of hydrogen-bond acceptors (Lipinski definition) is 8. The number of nitrogens with zero attached hydrogens (tertiary/aromatic N) is 5. The molecule has 184 valence electrons. The molecule has 0 atom stereocenters. The first-order valence-electron chi connectivity index (χ1n) is 11.9. The molecule has 6 N–H and O–H groups in total. The molecular formula is C23H35N9O2. The van der Waals surface area contributed by atoms with Gasteiger partial charge in [-0.25, -0.2) is 5.84 Å². The molecule has 0 aliphatic heterocycles. The summed E-state index contributed by atoms with van der Waals surface area (Å²) in [4.78, 5) is 28.3. The molecule has 0 radical (unpaired) electrons. The van der Waals surface area contributed by atoms with Gasteiger partial charge >= 0.3 is 0 Å². The number of nitrogens with one attached hydrogen (secondary N) is 2. The fourth-order valence-corrected chi connectivity index (χ4v) is 3.97. The minimum atomic E-state index is -0.389. The predicted octanol–water partition coefficient (Wildman–Crippen LogP) is 1.65. The van der Waals surface area contributed by atoms with E-state index in [-0.39, 0.29) is 17.5 Å². The monoisotopic (exact) mass is 469 g/mol. The lowest BCUT2D eigenvalue weighted by Crippen LogP contribution is -2.33. The Balaban J connectivity index is 1.31. The van der Waals surface area contributed by atoms with E-state index >= 15 is 0 Å². The summed E-state index contributed by atoms with van der Waals surface area (Å²) in [6, 6.07) is 3.67. The topological polar surface area (TPSA) is 157 Å². The van der Waals surface area contributed by atoms with Gasteiger partial charge in [0.25, 0.3) is 5.91 Å². The molecule has 1 aliphatic carbocycles. The number of pyridine rings is 1. The van der Waals surface area contributed by atoms with Crippen molar-refractivity contribution in [3.63, 3.8) is 0 Å². The Bertz CT molecular complexity index is 939. The van der Waals surface area contributed by atoms with Gasteiger partial charge in [0, 0.05) is 44.6 Å². The Labute approximate surface area is 199 Å². The number of nitrogens with two attached hydrogens (primary N) is 2. The maximum atomic E-state index is 12.2. The number of aromatic nitrogens is 4. The first-order valence-corrected chi connectivity index (χ1v) is 11.9. The summed E-state index contributed by atoms with van der Waals surface area (Å²) in [6.45, 7) is 1.51. The second-order valence-corrected chi connectivity index (χ2v) is 8.70. The van der Waals surface area contributed by atoms with Crippen LogP contribution in [0, 0.1) is 5.92 Å². The highest BCUT2D eigenvalue weighted by Crippen LogP contribution is 2.26. The van der Waals surface area contributed by atoms with E-state index in [0.29, 0.717) is 37.8 Å². The molecule has 0 spiro atoms. The smallest absolute Gasteiger partial charge is 0.268 e. The van der Waals surface area contributed by atoms with Gasteiger partial charge < -0.3 is 21.4 Å². The molecule has 0 bridgehead atoms. The summed E-state index contributed by atoms with van der Waals surface area (Å²) < 4.78 is 1.70. The zero-order valence-corrected chi connectivity index (χ0v) is 19.5. The Morgan fingerprint density at radius 3 is 2.82 bits per heavy atom. The van der Waals surface area contributed by atoms with Gasteiger partial charge in [-0.3, -0.25) is 19.3 Å². The van der Waals surface area contributed by atoms with Crippen LogP contribution in [0.2, 0.25) is 0 Å². The largest absolute Gasteiger partial charge is 0.393 e. The number of rotatable bonds is 12. The van der Waals surface area contributed by atoms with Crippen molar-refractivity contribution >= 4 is 17.6 Å². The van der Waals surface area contributed by atoms with E-state index < -0.39 is 0 Å². The van der Waals surface area contributed by atoms with Crippen molar-refractivity contribution in [2.24, 2.45) is 17.5 Å². The number of amides is 2. The molecular weight excluding hydrogens is 434 g/mol. The summed E-state index contributed by atoms with van der Waals surface area (Å²) in [5.74, 6) is 6.52. The van der Waals surface area contributed by atoms with Crippen LogP contribution in [0.1, 0.15) is 56.9 Å². The summed E-state index contributed by atoms with van der Waals surface area (Å²) in [5, 5.41) is 15.1. The number of hydrogen-bond donors (Lipinski definition) is 4. The number of anilines is 1. The maximum Gasteiger partial charge on any atom is 0.268 e. The van der Waals surface area contributed by atoms with Crippen LogP contribution in [0.4, 0.5) is 5.82 Å². The third kappa shape index (κ3) is 8.81. The van der Waals surface area contributed by atoms with Crippen LogP contribution in [0.15, 0.2) is 42.6 Å².